The second-order valence-corrected chi connectivity index (χ2v) is 7.54. The average molecular weight is 420 g/mol. The minimum absolute atomic E-state index is 0.00840. The number of nitriles is 1. The van der Waals surface area contributed by atoms with Gasteiger partial charge in [-0.05, 0) is 35.7 Å². The summed E-state index contributed by atoms with van der Waals surface area (Å²) in [6.45, 7) is 5.38. The predicted octanol–water partition coefficient (Wildman–Crippen LogP) is 6.43. The van der Waals surface area contributed by atoms with E-state index in [-0.39, 0.29) is 5.92 Å². The Bertz CT molecular complexity index is 1090. The number of hydrogen-bond acceptors (Lipinski definition) is 4. The van der Waals surface area contributed by atoms with Crippen molar-refractivity contribution < 1.29 is 14.3 Å². The van der Waals surface area contributed by atoms with Crippen molar-refractivity contribution in [2.75, 3.05) is 0 Å². The lowest BCUT2D eigenvalue weighted by atomic mass is 9.89. The minimum atomic E-state index is -0.596. The lowest BCUT2D eigenvalue weighted by Crippen LogP contribution is -2.16. The SMILES string of the molecule is CC(=O)Oc1ccc(Cl)c(C(Oc2ccccc2C#N)c2ccccc2)c1C(C)C. The molecule has 0 radical (unpaired) electrons. The predicted molar refractivity (Wildman–Crippen MR) is 117 cm³/mol. The van der Waals surface area contributed by atoms with Gasteiger partial charge in [0.05, 0.1) is 5.56 Å². The molecule has 5 heteroatoms. The van der Waals surface area contributed by atoms with E-state index in [9.17, 15) is 10.1 Å². The quantitative estimate of drug-likeness (QED) is 0.341. The molecule has 0 fully saturated rings. The molecule has 0 aliphatic rings. The van der Waals surface area contributed by atoms with Gasteiger partial charge >= 0.3 is 5.97 Å². The van der Waals surface area contributed by atoms with Crippen LogP contribution in [-0.4, -0.2) is 5.97 Å². The van der Waals surface area contributed by atoms with Crippen molar-refractivity contribution in [1.82, 2.24) is 0 Å². The van der Waals surface area contributed by atoms with Crippen molar-refractivity contribution >= 4 is 17.6 Å². The zero-order valence-corrected chi connectivity index (χ0v) is 17.8. The molecule has 3 rings (SSSR count). The van der Waals surface area contributed by atoms with Gasteiger partial charge in [-0.3, -0.25) is 4.79 Å². The van der Waals surface area contributed by atoms with Crippen LogP contribution in [0.15, 0.2) is 66.7 Å². The summed E-state index contributed by atoms with van der Waals surface area (Å²) in [4.78, 5) is 11.7. The summed E-state index contributed by atoms with van der Waals surface area (Å²) in [5, 5.41) is 10.00. The van der Waals surface area contributed by atoms with Gasteiger partial charge in [0.1, 0.15) is 17.6 Å². The molecule has 4 nitrogen and oxygen atoms in total. The van der Waals surface area contributed by atoms with Crippen LogP contribution < -0.4 is 9.47 Å². The first-order chi connectivity index (χ1) is 14.4. The van der Waals surface area contributed by atoms with E-state index in [1.165, 1.54) is 6.92 Å². The number of benzene rings is 3. The van der Waals surface area contributed by atoms with Gasteiger partial charge in [0, 0.05) is 23.1 Å². The number of esters is 1. The lowest BCUT2D eigenvalue weighted by Gasteiger charge is -2.27. The van der Waals surface area contributed by atoms with E-state index in [0.717, 1.165) is 11.1 Å². The molecule has 152 valence electrons. The number of carbonyl (C=O) groups excluding carboxylic acids is 1. The van der Waals surface area contributed by atoms with Gasteiger partial charge in [-0.1, -0.05) is 67.9 Å². The Hall–Kier alpha value is -3.29. The molecular formula is C25H22ClNO3. The molecule has 0 N–H and O–H groups in total. The van der Waals surface area contributed by atoms with E-state index >= 15 is 0 Å². The fraction of sp³-hybridized carbons (Fsp3) is 0.200. The molecule has 0 saturated heterocycles. The molecule has 0 aliphatic heterocycles. The highest BCUT2D eigenvalue weighted by Gasteiger charge is 2.27. The average Bonchev–Trinajstić information content (AvgIpc) is 2.73. The fourth-order valence-corrected chi connectivity index (χ4v) is 3.67. The van der Waals surface area contributed by atoms with Crippen molar-refractivity contribution in [3.05, 3.63) is 94.0 Å². The first-order valence-corrected chi connectivity index (χ1v) is 10.0. The molecular weight excluding hydrogens is 398 g/mol. The van der Waals surface area contributed by atoms with Crippen LogP contribution in [0.5, 0.6) is 11.5 Å². The monoisotopic (exact) mass is 419 g/mol. The second kappa shape index (κ2) is 9.47. The summed E-state index contributed by atoms with van der Waals surface area (Å²) in [5.41, 5.74) is 2.80. The number of carbonyl (C=O) groups is 1. The van der Waals surface area contributed by atoms with Crippen molar-refractivity contribution in [2.24, 2.45) is 0 Å². The minimum Gasteiger partial charge on any atom is -0.480 e. The smallest absolute Gasteiger partial charge is 0.308 e. The number of ether oxygens (including phenoxy) is 2. The summed E-state index contributed by atoms with van der Waals surface area (Å²) in [6.07, 6.45) is -0.596. The highest BCUT2D eigenvalue weighted by Crippen LogP contribution is 2.42. The van der Waals surface area contributed by atoms with Crippen molar-refractivity contribution in [3.8, 4) is 17.6 Å². The zero-order chi connectivity index (χ0) is 21.7. The first kappa shape index (κ1) is 21.4. The van der Waals surface area contributed by atoms with Crippen LogP contribution in [-0.2, 0) is 4.79 Å². The summed E-state index contributed by atoms with van der Waals surface area (Å²) >= 11 is 6.68. The summed E-state index contributed by atoms with van der Waals surface area (Å²) in [5.74, 6) is 0.513. The largest absolute Gasteiger partial charge is 0.480 e. The van der Waals surface area contributed by atoms with Crippen LogP contribution in [0, 0.1) is 11.3 Å². The molecule has 0 spiro atoms. The Balaban J connectivity index is 2.24. The lowest BCUT2D eigenvalue weighted by molar-refractivity contribution is -0.131. The van der Waals surface area contributed by atoms with Gasteiger partial charge in [0.25, 0.3) is 0 Å². The normalized spacial score (nSPS) is 11.6. The van der Waals surface area contributed by atoms with Crippen LogP contribution in [0.1, 0.15) is 55.0 Å². The van der Waals surface area contributed by atoms with Gasteiger partial charge in [-0.25, -0.2) is 0 Å². The standard InChI is InChI=1S/C25H22ClNO3/c1-16(2)23-22(29-17(3)28)14-13-20(26)24(23)25(18-9-5-4-6-10-18)30-21-12-8-7-11-19(21)15-27/h4-14,16,25H,1-3H3. The maximum atomic E-state index is 11.7. The van der Waals surface area contributed by atoms with E-state index in [1.807, 2.05) is 50.2 Å². The number of halogens is 1. The van der Waals surface area contributed by atoms with Gasteiger partial charge in [-0.2, -0.15) is 5.26 Å². The summed E-state index contributed by atoms with van der Waals surface area (Å²) < 4.78 is 11.9. The van der Waals surface area contributed by atoms with Crippen LogP contribution in [0.25, 0.3) is 0 Å². The molecule has 0 aliphatic carbocycles. The maximum Gasteiger partial charge on any atom is 0.308 e. The summed E-state index contributed by atoms with van der Waals surface area (Å²) in [6, 6.07) is 22.3. The number of hydrogen-bond donors (Lipinski definition) is 0. The van der Waals surface area contributed by atoms with Crippen molar-refractivity contribution in [1.29, 1.82) is 5.26 Å². The Morgan fingerprint density at radius 2 is 1.60 bits per heavy atom. The molecule has 0 amide bonds. The van der Waals surface area contributed by atoms with Crippen LogP contribution >= 0.6 is 11.6 Å². The maximum absolute atomic E-state index is 11.7. The van der Waals surface area contributed by atoms with E-state index < -0.39 is 12.1 Å². The van der Waals surface area contributed by atoms with E-state index in [2.05, 4.69) is 6.07 Å². The Labute approximate surface area is 181 Å². The van der Waals surface area contributed by atoms with Gasteiger partial charge in [0.15, 0.2) is 6.10 Å². The van der Waals surface area contributed by atoms with Crippen molar-refractivity contribution in [3.63, 3.8) is 0 Å². The molecule has 1 unspecified atom stereocenters. The zero-order valence-electron chi connectivity index (χ0n) is 17.1. The highest BCUT2D eigenvalue weighted by atomic mass is 35.5. The molecule has 0 saturated carbocycles. The fourth-order valence-electron chi connectivity index (χ4n) is 3.41. The van der Waals surface area contributed by atoms with Gasteiger partial charge in [0.2, 0.25) is 0 Å². The number of rotatable bonds is 6. The number of para-hydroxylation sites is 1. The third kappa shape index (κ3) is 4.64. The molecule has 0 aromatic heterocycles. The molecule has 1 atom stereocenters. The third-order valence-electron chi connectivity index (χ3n) is 4.64. The molecule has 0 bridgehead atoms. The van der Waals surface area contributed by atoms with Crippen molar-refractivity contribution in [2.45, 2.75) is 32.8 Å². The second-order valence-electron chi connectivity index (χ2n) is 7.14. The third-order valence-corrected chi connectivity index (χ3v) is 4.97. The Morgan fingerprint density at radius 1 is 0.933 bits per heavy atom. The summed E-state index contributed by atoms with van der Waals surface area (Å²) in [7, 11) is 0. The van der Waals surface area contributed by atoms with Gasteiger partial charge < -0.3 is 9.47 Å². The molecule has 0 heterocycles. The van der Waals surface area contributed by atoms with Crippen LogP contribution in [0.3, 0.4) is 0 Å². The first-order valence-electron chi connectivity index (χ1n) is 9.63. The Kier molecular flexibility index (Phi) is 6.76. The molecule has 30 heavy (non-hydrogen) atoms. The van der Waals surface area contributed by atoms with E-state index in [1.54, 1.807) is 30.3 Å². The number of nitrogens with zero attached hydrogens (tertiary/aromatic N) is 1. The topological polar surface area (TPSA) is 59.3 Å². The van der Waals surface area contributed by atoms with Gasteiger partial charge in [-0.15, -0.1) is 0 Å². The molecule has 3 aromatic carbocycles. The Morgan fingerprint density at radius 3 is 2.23 bits per heavy atom. The molecule has 3 aromatic rings. The highest BCUT2D eigenvalue weighted by molar-refractivity contribution is 6.31. The van der Waals surface area contributed by atoms with Crippen LogP contribution in [0.2, 0.25) is 5.02 Å². The van der Waals surface area contributed by atoms with Crippen LogP contribution in [0.4, 0.5) is 0 Å². The van der Waals surface area contributed by atoms with E-state index in [4.69, 9.17) is 21.1 Å². The van der Waals surface area contributed by atoms with E-state index in [0.29, 0.717) is 27.6 Å².